The molecule has 0 bridgehead atoms. The molecular weight excluding hydrogens is 474 g/mol. The fraction of sp³-hybridized carbons (Fsp3) is 0.200. The molecule has 1 aliphatic rings. The number of esters is 1. The van der Waals surface area contributed by atoms with Crippen LogP contribution in [-0.2, 0) is 25.8 Å². The van der Waals surface area contributed by atoms with Gasteiger partial charge in [0.05, 0.1) is 28.0 Å². The lowest BCUT2D eigenvalue weighted by Crippen LogP contribution is -2.30. The Hall–Kier alpha value is -3.30. The van der Waals surface area contributed by atoms with Crippen LogP contribution in [0.2, 0.25) is 0 Å². The van der Waals surface area contributed by atoms with Crippen molar-refractivity contribution in [3.05, 3.63) is 77.9 Å². The van der Waals surface area contributed by atoms with Gasteiger partial charge in [-0.3, -0.25) is 4.79 Å². The van der Waals surface area contributed by atoms with Crippen molar-refractivity contribution in [1.82, 2.24) is 0 Å². The summed E-state index contributed by atoms with van der Waals surface area (Å²) >= 11 is 1.46. The van der Waals surface area contributed by atoms with Crippen LogP contribution >= 0.6 is 11.8 Å². The average molecular weight is 498 g/mol. The van der Waals surface area contributed by atoms with Crippen LogP contribution in [0.3, 0.4) is 0 Å². The van der Waals surface area contributed by atoms with E-state index in [4.69, 9.17) is 9.47 Å². The molecular formula is C25H23NO6S2. The van der Waals surface area contributed by atoms with Crippen LogP contribution < -0.4 is 10.1 Å². The molecule has 0 fully saturated rings. The lowest BCUT2D eigenvalue weighted by atomic mass is 10.1. The Kier molecular flexibility index (Phi) is 6.95. The first-order valence-electron chi connectivity index (χ1n) is 10.6. The highest BCUT2D eigenvalue weighted by molar-refractivity contribution is 8.01. The number of sulfone groups is 1. The third kappa shape index (κ3) is 5.60. The summed E-state index contributed by atoms with van der Waals surface area (Å²) in [5.41, 5.74) is 1.99. The lowest BCUT2D eigenvalue weighted by molar-refractivity contribution is -0.115. The maximum absolute atomic E-state index is 12.7. The van der Waals surface area contributed by atoms with Crippen LogP contribution in [0.5, 0.6) is 11.5 Å². The number of hydrogen-bond acceptors (Lipinski definition) is 7. The SMILES string of the molecule is CCOC(=O)c1ccc2c(c1)NC(=O)C(Cc1ccc(Oc3ccc(S(C)(=O)=O)cc3)cc1)S2. The number of nitrogens with one attached hydrogen (secondary N) is 1. The second-order valence-electron chi connectivity index (χ2n) is 7.72. The molecule has 0 saturated heterocycles. The van der Waals surface area contributed by atoms with Crippen LogP contribution in [-0.4, -0.2) is 38.4 Å². The normalized spacial score (nSPS) is 15.2. The molecule has 1 amide bonds. The van der Waals surface area contributed by atoms with Gasteiger partial charge in [-0.05, 0) is 73.5 Å². The molecule has 1 unspecified atom stereocenters. The van der Waals surface area contributed by atoms with Crippen molar-refractivity contribution < 1.29 is 27.5 Å². The summed E-state index contributed by atoms with van der Waals surface area (Å²) in [5.74, 6) is 0.597. The van der Waals surface area contributed by atoms with E-state index in [-0.39, 0.29) is 16.1 Å². The molecule has 7 nitrogen and oxygen atoms in total. The van der Waals surface area contributed by atoms with Gasteiger partial charge in [-0.25, -0.2) is 13.2 Å². The smallest absolute Gasteiger partial charge is 0.338 e. The second-order valence-corrected chi connectivity index (χ2v) is 11.0. The Morgan fingerprint density at radius 3 is 2.26 bits per heavy atom. The first kappa shape index (κ1) is 23.8. The van der Waals surface area contributed by atoms with Crippen molar-refractivity contribution in [3.8, 4) is 11.5 Å². The number of fused-ring (bicyclic) bond motifs is 1. The Bertz CT molecular complexity index is 1320. The lowest BCUT2D eigenvalue weighted by Gasteiger charge is -2.24. The minimum absolute atomic E-state index is 0.121. The number of carbonyl (C=O) groups is 2. The molecule has 3 aromatic rings. The summed E-state index contributed by atoms with van der Waals surface area (Å²) < 4.78 is 34.0. The van der Waals surface area contributed by atoms with Gasteiger partial charge >= 0.3 is 5.97 Å². The number of hydrogen-bond donors (Lipinski definition) is 1. The predicted octanol–water partition coefficient (Wildman–Crippen LogP) is 4.71. The van der Waals surface area contributed by atoms with Crippen LogP contribution in [0.15, 0.2) is 76.5 Å². The predicted molar refractivity (Wildman–Crippen MR) is 130 cm³/mol. The average Bonchev–Trinajstić information content (AvgIpc) is 2.80. The molecule has 4 rings (SSSR count). The second kappa shape index (κ2) is 9.90. The van der Waals surface area contributed by atoms with E-state index in [9.17, 15) is 18.0 Å². The number of ether oxygens (including phenoxy) is 2. The molecule has 9 heteroatoms. The first-order valence-corrected chi connectivity index (χ1v) is 13.4. The van der Waals surface area contributed by atoms with E-state index in [1.807, 2.05) is 30.3 Å². The van der Waals surface area contributed by atoms with E-state index >= 15 is 0 Å². The van der Waals surface area contributed by atoms with Crippen molar-refractivity contribution in [3.63, 3.8) is 0 Å². The van der Waals surface area contributed by atoms with E-state index in [1.54, 1.807) is 31.2 Å². The maximum Gasteiger partial charge on any atom is 0.338 e. The Morgan fingerprint density at radius 2 is 1.65 bits per heavy atom. The summed E-state index contributed by atoms with van der Waals surface area (Å²) in [6.07, 6.45) is 1.69. The summed E-state index contributed by atoms with van der Waals surface area (Å²) in [7, 11) is -3.25. The maximum atomic E-state index is 12.7. The summed E-state index contributed by atoms with van der Waals surface area (Å²) in [5, 5.41) is 2.58. The van der Waals surface area contributed by atoms with Crippen molar-refractivity contribution in [1.29, 1.82) is 0 Å². The minimum Gasteiger partial charge on any atom is -0.462 e. The van der Waals surface area contributed by atoms with E-state index in [1.165, 1.54) is 23.9 Å². The first-order chi connectivity index (χ1) is 16.2. The highest BCUT2D eigenvalue weighted by Crippen LogP contribution is 2.38. The highest BCUT2D eigenvalue weighted by atomic mass is 32.2. The van der Waals surface area contributed by atoms with Crippen LogP contribution in [0.1, 0.15) is 22.8 Å². The molecule has 1 aliphatic heterocycles. The monoisotopic (exact) mass is 497 g/mol. The summed E-state index contributed by atoms with van der Waals surface area (Å²) in [6, 6.07) is 18.8. The number of rotatable bonds is 7. The topological polar surface area (TPSA) is 98.8 Å². The van der Waals surface area contributed by atoms with E-state index in [2.05, 4.69) is 5.32 Å². The Morgan fingerprint density at radius 1 is 1.00 bits per heavy atom. The van der Waals surface area contributed by atoms with Crippen molar-refractivity contribution in [2.75, 3.05) is 18.2 Å². The fourth-order valence-corrected chi connectivity index (χ4v) is 5.19. The molecule has 34 heavy (non-hydrogen) atoms. The van der Waals surface area contributed by atoms with E-state index in [0.717, 1.165) is 16.7 Å². The number of thioether (sulfide) groups is 1. The molecule has 0 aliphatic carbocycles. The number of carbonyl (C=O) groups excluding carboxylic acids is 2. The van der Waals surface area contributed by atoms with Gasteiger partial charge < -0.3 is 14.8 Å². The molecule has 0 radical (unpaired) electrons. The van der Waals surface area contributed by atoms with Crippen molar-refractivity contribution in [2.45, 2.75) is 28.4 Å². The Balaban J connectivity index is 1.40. The van der Waals surface area contributed by atoms with E-state index in [0.29, 0.717) is 35.8 Å². The van der Waals surface area contributed by atoms with Gasteiger partial charge in [0, 0.05) is 11.2 Å². The van der Waals surface area contributed by atoms with Gasteiger partial charge in [0.2, 0.25) is 5.91 Å². The quantitative estimate of drug-likeness (QED) is 0.472. The molecule has 176 valence electrons. The summed E-state index contributed by atoms with van der Waals surface area (Å²) in [4.78, 5) is 25.7. The number of anilines is 1. The molecule has 1 heterocycles. The molecule has 0 saturated carbocycles. The van der Waals surface area contributed by atoms with Gasteiger partial charge in [-0.15, -0.1) is 11.8 Å². The van der Waals surface area contributed by atoms with Gasteiger partial charge in [-0.2, -0.15) is 0 Å². The summed E-state index contributed by atoms with van der Waals surface area (Å²) in [6.45, 7) is 2.04. The van der Waals surface area contributed by atoms with Crippen LogP contribution in [0.4, 0.5) is 5.69 Å². The zero-order valence-electron chi connectivity index (χ0n) is 18.6. The zero-order chi connectivity index (χ0) is 24.3. The zero-order valence-corrected chi connectivity index (χ0v) is 20.2. The van der Waals surface area contributed by atoms with E-state index < -0.39 is 15.8 Å². The fourth-order valence-electron chi connectivity index (χ4n) is 3.42. The number of amides is 1. The van der Waals surface area contributed by atoms with Crippen molar-refractivity contribution >= 4 is 39.2 Å². The Labute approximate surface area is 202 Å². The highest BCUT2D eigenvalue weighted by Gasteiger charge is 2.28. The van der Waals surface area contributed by atoms with Gasteiger partial charge in [0.1, 0.15) is 11.5 Å². The van der Waals surface area contributed by atoms with Gasteiger partial charge in [-0.1, -0.05) is 12.1 Å². The molecule has 1 atom stereocenters. The van der Waals surface area contributed by atoms with Crippen LogP contribution in [0, 0.1) is 0 Å². The molecule has 0 spiro atoms. The van der Waals surface area contributed by atoms with Crippen LogP contribution in [0.25, 0.3) is 0 Å². The number of benzene rings is 3. The largest absolute Gasteiger partial charge is 0.462 e. The molecule has 3 aromatic carbocycles. The molecule has 1 N–H and O–H groups in total. The van der Waals surface area contributed by atoms with Gasteiger partial charge in [0.25, 0.3) is 0 Å². The van der Waals surface area contributed by atoms with Gasteiger partial charge in [0.15, 0.2) is 9.84 Å². The van der Waals surface area contributed by atoms with Crippen molar-refractivity contribution in [2.24, 2.45) is 0 Å². The standard InChI is InChI=1S/C25H23NO6S2/c1-3-31-25(28)17-6-13-22-21(15-17)26-24(27)23(33-22)14-16-4-7-18(8-5-16)32-19-9-11-20(12-10-19)34(2,29)30/h4-13,15,23H,3,14H2,1-2H3,(H,26,27). The molecule has 0 aromatic heterocycles. The minimum atomic E-state index is -3.25. The third-order valence-corrected chi connectivity index (χ3v) is 7.55. The third-order valence-electron chi connectivity index (χ3n) is 5.14.